The number of hydrogen-bond acceptors (Lipinski definition) is 1. The minimum absolute atomic E-state index is 0.821. The number of nitrogens with one attached hydrogen (secondary N) is 1. The van der Waals surface area contributed by atoms with E-state index in [9.17, 15) is 0 Å². The highest BCUT2D eigenvalue weighted by atomic mass is 35.5. The SMILES string of the molecule is CCc1ccccc1CNC/C=C/Cl. The summed E-state index contributed by atoms with van der Waals surface area (Å²) in [6, 6.07) is 8.50. The van der Waals surface area contributed by atoms with E-state index in [2.05, 4.69) is 36.5 Å². The molecule has 1 rings (SSSR count). The van der Waals surface area contributed by atoms with Gasteiger partial charge < -0.3 is 5.32 Å². The Labute approximate surface area is 90.8 Å². The highest BCUT2D eigenvalue weighted by Gasteiger charge is 1.97. The Hall–Kier alpha value is -0.790. The largest absolute Gasteiger partial charge is 0.309 e. The third kappa shape index (κ3) is 3.52. The number of hydrogen-bond donors (Lipinski definition) is 1. The molecule has 0 aliphatic heterocycles. The quantitative estimate of drug-likeness (QED) is 0.735. The van der Waals surface area contributed by atoms with Gasteiger partial charge in [-0.2, -0.15) is 0 Å². The lowest BCUT2D eigenvalue weighted by atomic mass is 10.1. The Morgan fingerprint density at radius 3 is 2.64 bits per heavy atom. The van der Waals surface area contributed by atoms with E-state index in [1.54, 1.807) is 5.54 Å². The van der Waals surface area contributed by atoms with Crippen molar-refractivity contribution in [3.63, 3.8) is 0 Å². The van der Waals surface area contributed by atoms with Gasteiger partial charge in [0.15, 0.2) is 0 Å². The molecule has 76 valence electrons. The minimum atomic E-state index is 0.821. The van der Waals surface area contributed by atoms with Crippen molar-refractivity contribution in [2.45, 2.75) is 19.9 Å². The standard InChI is InChI=1S/C12H16ClN/c1-2-11-6-3-4-7-12(11)10-14-9-5-8-13/h3-8,14H,2,9-10H2,1H3/b8-5+. The molecule has 0 aliphatic rings. The van der Waals surface area contributed by atoms with E-state index in [0.717, 1.165) is 19.5 Å². The molecule has 0 spiro atoms. The molecule has 0 unspecified atom stereocenters. The molecule has 1 aromatic carbocycles. The highest BCUT2D eigenvalue weighted by Crippen LogP contribution is 2.08. The van der Waals surface area contributed by atoms with Gasteiger partial charge >= 0.3 is 0 Å². The van der Waals surface area contributed by atoms with Crippen LogP contribution in [0.25, 0.3) is 0 Å². The maximum Gasteiger partial charge on any atom is 0.0211 e. The van der Waals surface area contributed by atoms with Crippen molar-refractivity contribution in [1.82, 2.24) is 5.32 Å². The molecule has 0 saturated heterocycles. The summed E-state index contributed by atoms with van der Waals surface area (Å²) >= 11 is 5.42. The van der Waals surface area contributed by atoms with Gasteiger partial charge in [0.05, 0.1) is 0 Å². The molecule has 2 heteroatoms. The maximum absolute atomic E-state index is 5.42. The third-order valence-corrected chi connectivity index (χ3v) is 2.34. The van der Waals surface area contributed by atoms with Gasteiger partial charge in [0.2, 0.25) is 0 Å². The van der Waals surface area contributed by atoms with E-state index in [0.29, 0.717) is 0 Å². The van der Waals surface area contributed by atoms with Crippen LogP contribution in [0.2, 0.25) is 0 Å². The van der Waals surface area contributed by atoms with E-state index >= 15 is 0 Å². The topological polar surface area (TPSA) is 12.0 Å². The fraction of sp³-hybridized carbons (Fsp3) is 0.333. The number of rotatable bonds is 5. The van der Waals surface area contributed by atoms with E-state index in [4.69, 9.17) is 11.6 Å². The zero-order valence-electron chi connectivity index (χ0n) is 8.46. The van der Waals surface area contributed by atoms with Crippen LogP contribution in [-0.2, 0) is 13.0 Å². The van der Waals surface area contributed by atoms with Gasteiger partial charge in [0, 0.05) is 18.6 Å². The monoisotopic (exact) mass is 209 g/mol. The van der Waals surface area contributed by atoms with Crippen LogP contribution in [0.15, 0.2) is 35.9 Å². The van der Waals surface area contributed by atoms with Crippen molar-refractivity contribution < 1.29 is 0 Å². The smallest absolute Gasteiger partial charge is 0.0211 e. The number of aryl methyl sites for hydroxylation is 1. The zero-order valence-corrected chi connectivity index (χ0v) is 9.22. The molecule has 0 amide bonds. The average molecular weight is 210 g/mol. The predicted molar refractivity (Wildman–Crippen MR) is 62.5 cm³/mol. The summed E-state index contributed by atoms with van der Waals surface area (Å²) in [4.78, 5) is 0. The van der Waals surface area contributed by atoms with Gasteiger partial charge in [-0.05, 0) is 17.5 Å². The highest BCUT2D eigenvalue weighted by molar-refractivity contribution is 6.25. The van der Waals surface area contributed by atoms with Crippen molar-refractivity contribution in [3.8, 4) is 0 Å². The molecule has 1 aromatic rings. The number of halogens is 1. The fourth-order valence-electron chi connectivity index (χ4n) is 1.41. The van der Waals surface area contributed by atoms with Crippen LogP contribution in [0.4, 0.5) is 0 Å². The van der Waals surface area contributed by atoms with Crippen molar-refractivity contribution in [2.75, 3.05) is 6.54 Å². The maximum atomic E-state index is 5.42. The van der Waals surface area contributed by atoms with Crippen LogP contribution in [0.3, 0.4) is 0 Å². The van der Waals surface area contributed by atoms with Gasteiger partial charge in [-0.25, -0.2) is 0 Å². The fourth-order valence-corrected chi connectivity index (χ4v) is 1.50. The first-order valence-corrected chi connectivity index (χ1v) is 5.34. The molecular weight excluding hydrogens is 194 g/mol. The Morgan fingerprint density at radius 1 is 1.29 bits per heavy atom. The summed E-state index contributed by atoms with van der Waals surface area (Å²) in [5.41, 5.74) is 4.33. The summed E-state index contributed by atoms with van der Waals surface area (Å²) in [5.74, 6) is 0. The van der Waals surface area contributed by atoms with Gasteiger partial charge in [0.1, 0.15) is 0 Å². The molecule has 1 nitrogen and oxygen atoms in total. The molecule has 0 saturated carbocycles. The van der Waals surface area contributed by atoms with Crippen LogP contribution >= 0.6 is 11.6 Å². The molecule has 0 aliphatic carbocycles. The van der Waals surface area contributed by atoms with Crippen LogP contribution in [0.5, 0.6) is 0 Å². The third-order valence-electron chi connectivity index (χ3n) is 2.17. The van der Waals surface area contributed by atoms with Crippen molar-refractivity contribution in [1.29, 1.82) is 0 Å². The molecule has 0 heterocycles. The Morgan fingerprint density at radius 2 is 2.00 bits per heavy atom. The molecular formula is C12H16ClN. The van der Waals surface area contributed by atoms with E-state index in [1.807, 2.05) is 6.08 Å². The first-order valence-electron chi connectivity index (χ1n) is 4.91. The summed E-state index contributed by atoms with van der Waals surface area (Å²) in [6.45, 7) is 3.91. The molecule has 1 N–H and O–H groups in total. The predicted octanol–water partition coefficient (Wildman–Crippen LogP) is 3.09. The van der Waals surface area contributed by atoms with Crippen LogP contribution < -0.4 is 5.32 Å². The van der Waals surface area contributed by atoms with Gasteiger partial charge in [0.25, 0.3) is 0 Å². The van der Waals surface area contributed by atoms with Gasteiger partial charge in [-0.3, -0.25) is 0 Å². The molecule has 0 atom stereocenters. The van der Waals surface area contributed by atoms with Crippen molar-refractivity contribution in [3.05, 3.63) is 47.0 Å². The summed E-state index contributed by atoms with van der Waals surface area (Å²) < 4.78 is 0. The molecule has 0 aromatic heterocycles. The average Bonchev–Trinajstić information content (AvgIpc) is 2.25. The van der Waals surface area contributed by atoms with Gasteiger partial charge in [-0.1, -0.05) is 48.9 Å². The van der Waals surface area contributed by atoms with Crippen molar-refractivity contribution >= 4 is 11.6 Å². The number of benzene rings is 1. The van der Waals surface area contributed by atoms with E-state index < -0.39 is 0 Å². The molecule has 14 heavy (non-hydrogen) atoms. The van der Waals surface area contributed by atoms with Crippen LogP contribution in [-0.4, -0.2) is 6.54 Å². The normalized spacial score (nSPS) is 11.0. The summed E-state index contributed by atoms with van der Waals surface area (Å²) in [6.07, 6.45) is 2.99. The lowest BCUT2D eigenvalue weighted by Crippen LogP contribution is -2.13. The zero-order chi connectivity index (χ0) is 10.2. The summed E-state index contributed by atoms with van der Waals surface area (Å²) in [5, 5.41) is 3.31. The lowest BCUT2D eigenvalue weighted by molar-refractivity contribution is 0.752. The Kier molecular flexibility index (Phi) is 5.35. The first-order chi connectivity index (χ1) is 6.88. The van der Waals surface area contributed by atoms with E-state index in [-0.39, 0.29) is 0 Å². The van der Waals surface area contributed by atoms with Gasteiger partial charge in [-0.15, -0.1) is 0 Å². The van der Waals surface area contributed by atoms with E-state index in [1.165, 1.54) is 11.1 Å². The minimum Gasteiger partial charge on any atom is -0.309 e. The second-order valence-electron chi connectivity index (χ2n) is 3.11. The molecule has 0 bridgehead atoms. The van der Waals surface area contributed by atoms with Crippen LogP contribution in [0, 0.1) is 0 Å². The summed E-state index contributed by atoms with van der Waals surface area (Å²) in [7, 11) is 0. The molecule has 0 radical (unpaired) electrons. The molecule has 0 fully saturated rings. The van der Waals surface area contributed by atoms with Crippen molar-refractivity contribution in [2.24, 2.45) is 0 Å². The second kappa shape index (κ2) is 6.63. The second-order valence-corrected chi connectivity index (χ2v) is 3.37. The first kappa shape index (κ1) is 11.3. The lowest BCUT2D eigenvalue weighted by Gasteiger charge is -2.07. The Bertz CT molecular complexity index is 294. The Balaban J connectivity index is 2.49. The van der Waals surface area contributed by atoms with Crippen LogP contribution in [0.1, 0.15) is 18.1 Å².